The van der Waals surface area contributed by atoms with E-state index in [9.17, 15) is 5.11 Å². The standard InChI is InChI=1S/C17H22O5/c1-4-19-13-10-12(16(3)21-8-9-22-16)11-14(20-5-2)15(13)17(18)6-7-17/h8-11,18H,4-7H2,1-3H3. The van der Waals surface area contributed by atoms with E-state index in [1.54, 1.807) is 0 Å². The summed E-state index contributed by atoms with van der Waals surface area (Å²) < 4.78 is 22.6. The van der Waals surface area contributed by atoms with E-state index in [1.807, 2.05) is 32.9 Å². The molecule has 1 aliphatic carbocycles. The summed E-state index contributed by atoms with van der Waals surface area (Å²) in [4.78, 5) is 0. The van der Waals surface area contributed by atoms with Crippen LogP contribution in [0.4, 0.5) is 0 Å². The minimum Gasteiger partial charge on any atom is -0.493 e. The highest BCUT2D eigenvalue weighted by molar-refractivity contribution is 5.54. The lowest BCUT2D eigenvalue weighted by molar-refractivity contribution is -0.133. The Hall–Kier alpha value is -1.88. The van der Waals surface area contributed by atoms with Gasteiger partial charge >= 0.3 is 0 Å². The molecule has 0 spiro atoms. The maximum atomic E-state index is 10.6. The molecule has 1 aromatic rings. The topological polar surface area (TPSA) is 57.2 Å². The molecule has 22 heavy (non-hydrogen) atoms. The van der Waals surface area contributed by atoms with E-state index in [0.29, 0.717) is 24.7 Å². The third kappa shape index (κ3) is 2.50. The van der Waals surface area contributed by atoms with Crippen LogP contribution in [0.25, 0.3) is 0 Å². The Kier molecular flexibility index (Phi) is 3.68. The van der Waals surface area contributed by atoms with Gasteiger partial charge in [0.2, 0.25) is 0 Å². The summed E-state index contributed by atoms with van der Waals surface area (Å²) in [7, 11) is 0. The molecule has 1 heterocycles. The monoisotopic (exact) mass is 306 g/mol. The van der Waals surface area contributed by atoms with Crippen LogP contribution in [-0.2, 0) is 20.9 Å². The van der Waals surface area contributed by atoms with Gasteiger partial charge in [-0.2, -0.15) is 0 Å². The molecule has 1 aliphatic heterocycles. The van der Waals surface area contributed by atoms with E-state index in [-0.39, 0.29) is 0 Å². The van der Waals surface area contributed by atoms with Crippen molar-refractivity contribution in [3.63, 3.8) is 0 Å². The van der Waals surface area contributed by atoms with Crippen molar-refractivity contribution in [1.82, 2.24) is 0 Å². The van der Waals surface area contributed by atoms with Crippen LogP contribution < -0.4 is 9.47 Å². The first-order valence-corrected chi connectivity index (χ1v) is 7.70. The molecule has 0 unspecified atom stereocenters. The van der Waals surface area contributed by atoms with Crippen molar-refractivity contribution < 1.29 is 24.1 Å². The molecule has 0 radical (unpaired) electrons. The normalized spacial score (nSPS) is 20.2. The van der Waals surface area contributed by atoms with Crippen LogP contribution in [0.15, 0.2) is 24.7 Å². The molecule has 0 aromatic heterocycles. The number of ether oxygens (including phenoxy) is 4. The number of benzene rings is 1. The van der Waals surface area contributed by atoms with Crippen molar-refractivity contribution in [3.05, 3.63) is 35.8 Å². The molecule has 1 aromatic carbocycles. The number of aliphatic hydroxyl groups is 1. The average molecular weight is 306 g/mol. The van der Waals surface area contributed by atoms with Crippen molar-refractivity contribution in [2.45, 2.75) is 45.0 Å². The van der Waals surface area contributed by atoms with Crippen LogP contribution in [0.2, 0.25) is 0 Å². The second kappa shape index (κ2) is 5.39. The molecule has 2 aliphatic rings. The predicted octanol–water partition coefficient (Wildman–Crippen LogP) is 3.16. The van der Waals surface area contributed by atoms with E-state index < -0.39 is 11.4 Å². The number of hydrogen-bond donors (Lipinski definition) is 1. The van der Waals surface area contributed by atoms with Gasteiger partial charge in [0, 0.05) is 12.5 Å². The largest absolute Gasteiger partial charge is 0.493 e. The SMILES string of the molecule is CCOc1cc(C2(C)OC=CO2)cc(OCC)c1C1(O)CC1. The molecule has 1 N–H and O–H groups in total. The van der Waals surface area contributed by atoms with Crippen LogP contribution >= 0.6 is 0 Å². The second-order valence-electron chi connectivity index (χ2n) is 5.70. The average Bonchev–Trinajstić information content (AvgIpc) is 3.06. The van der Waals surface area contributed by atoms with Gasteiger partial charge in [-0.05, 0) is 38.8 Å². The lowest BCUT2D eigenvalue weighted by Crippen LogP contribution is -2.23. The third-order valence-electron chi connectivity index (χ3n) is 4.02. The summed E-state index contributed by atoms with van der Waals surface area (Å²) in [5, 5.41) is 10.6. The Morgan fingerprint density at radius 3 is 1.95 bits per heavy atom. The molecular weight excluding hydrogens is 284 g/mol. The molecular formula is C17H22O5. The van der Waals surface area contributed by atoms with E-state index in [2.05, 4.69) is 0 Å². The first-order valence-electron chi connectivity index (χ1n) is 7.70. The summed E-state index contributed by atoms with van der Waals surface area (Å²) in [6.45, 7) is 6.68. The molecule has 5 heteroatoms. The van der Waals surface area contributed by atoms with E-state index >= 15 is 0 Å². The number of hydrogen-bond acceptors (Lipinski definition) is 5. The Morgan fingerprint density at radius 1 is 1.05 bits per heavy atom. The van der Waals surface area contributed by atoms with Crippen molar-refractivity contribution in [1.29, 1.82) is 0 Å². The van der Waals surface area contributed by atoms with Gasteiger partial charge in [0.1, 0.15) is 24.0 Å². The first-order chi connectivity index (χ1) is 10.5. The van der Waals surface area contributed by atoms with E-state index in [0.717, 1.165) is 24.0 Å². The maximum absolute atomic E-state index is 10.6. The molecule has 0 amide bonds. The van der Waals surface area contributed by atoms with Crippen molar-refractivity contribution in [2.24, 2.45) is 0 Å². The summed E-state index contributed by atoms with van der Waals surface area (Å²) in [5.74, 6) is 0.357. The van der Waals surface area contributed by atoms with Gasteiger partial charge in [-0.1, -0.05) is 0 Å². The molecule has 3 rings (SSSR count). The van der Waals surface area contributed by atoms with Crippen molar-refractivity contribution in [3.8, 4) is 11.5 Å². The van der Waals surface area contributed by atoms with Crippen LogP contribution in [0, 0.1) is 0 Å². The predicted molar refractivity (Wildman–Crippen MR) is 80.6 cm³/mol. The summed E-state index contributed by atoms with van der Waals surface area (Å²) in [5.41, 5.74) is 0.677. The molecule has 0 atom stereocenters. The van der Waals surface area contributed by atoms with Gasteiger partial charge in [-0.3, -0.25) is 0 Å². The van der Waals surface area contributed by atoms with Crippen molar-refractivity contribution in [2.75, 3.05) is 13.2 Å². The fourth-order valence-electron chi connectivity index (χ4n) is 2.70. The van der Waals surface area contributed by atoms with Crippen molar-refractivity contribution >= 4 is 0 Å². The second-order valence-corrected chi connectivity index (χ2v) is 5.70. The summed E-state index contributed by atoms with van der Waals surface area (Å²) in [6.07, 6.45) is 4.47. The highest BCUT2D eigenvalue weighted by atomic mass is 16.7. The Bertz CT molecular complexity index is 554. The number of rotatable bonds is 6. The maximum Gasteiger partial charge on any atom is 0.274 e. The van der Waals surface area contributed by atoms with Crippen LogP contribution in [0.3, 0.4) is 0 Å². The zero-order valence-electron chi connectivity index (χ0n) is 13.2. The molecule has 5 nitrogen and oxygen atoms in total. The molecule has 0 bridgehead atoms. The Morgan fingerprint density at radius 2 is 1.55 bits per heavy atom. The first kappa shape index (κ1) is 15.0. The highest BCUT2D eigenvalue weighted by Crippen LogP contribution is 2.54. The van der Waals surface area contributed by atoms with Gasteiger partial charge in [-0.15, -0.1) is 0 Å². The van der Waals surface area contributed by atoms with Gasteiger partial charge in [-0.25, -0.2) is 0 Å². The Balaban J connectivity index is 2.10. The van der Waals surface area contributed by atoms with Gasteiger partial charge in [0.15, 0.2) is 0 Å². The minimum atomic E-state index is -0.900. The van der Waals surface area contributed by atoms with Crippen LogP contribution in [-0.4, -0.2) is 18.3 Å². The molecule has 0 saturated heterocycles. The van der Waals surface area contributed by atoms with Crippen LogP contribution in [0.5, 0.6) is 11.5 Å². The smallest absolute Gasteiger partial charge is 0.274 e. The quantitative estimate of drug-likeness (QED) is 0.875. The molecule has 1 saturated carbocycles. The lowest BCUT2D eigenvalue weighted by atomic mass is 9.98. The zero-order chi connectivity index (χ0) is 15.8. The van der Waals surface area contributed by atoms with Gasteiger partial charge in [0.05, 0.1) is 24.4 Å². The van der Waals surface area contributed by atoms with Gasteiger partial charge < -0.3 is 24.1 Å². The summed E-state index contributed by atoms with van der Waals surface area (Å²) in [6, 6.07) is 3.73. The minimum absolute atomic E-state index is 0.509. The fraction of sp³-hybridized carbons (Fsp3) is 0.529. The van der Waals surface area contributed by atoms with E-state index in [4.69, 9.17) is 18.9 Å². The van der Waals surface area contributed by atoms with Gasteiger partial charge in [0.25, 0.3) is 5.79 Å². The summed E-state index contributed by atoms with van der Waals surface area (Å²) >= 11 is 0. The molecule has 120 valence electrons. The van der Waals surface area contributed by atoms with Crippen LogP contribution in [0.1, 0.15) is 44.7 Å². The molecule has 1 fully saturated rings. The Labute approximate surface area is 130 Å². The fourth-order valence-corrected chi connectivity index (χ4v) is 2.70. The van der Waals surface area contributed by atoms with E-state index in [1.165, 1.54) is 12.5 Å². The highest BCUT2D eigenvalue weighted by Gasteiger charge is 2.47. The lowest BCUT2D eigenvalue weighted by Gasteiger charge is -2.27. The third-order valence-corrected chi connectivity index (χ3v) is 4.02. The zero-order valence-corrected chi connectivity index (χ0v) is 13.2.